The molecule has 158 valence electrons. The van der Waals surface area contributed by atoms with Gasteiger partial charge in [0.2, 0.25) is 5.91 Å². The second-order valence-corrected chi connectivity index (χ2v) is 7.84. The molecule has 3 heterocycles. The lowest BCUT2D eigenvalue weighted by molar-refractivity contribution is -0.125. The lowest BCUT2D eigenvalue weighted by Crippen LogP contribution is -2.39. The van der Waals surface area contributed by atoms with Gasteiger partial charge >= 0.3 is 0 Å². The van der Waals surface area contributed by atoms with Crippen LogP contribution < -0.4 is 10.6 Å². The van der Waals surface area contributed by atoms with Crippen LogP contribution in [0.25, 0.3) is 5.65 Å². The van der Waals surface area contributed by atoms with E-state index in [4.69, 9.17) is 11.6 Å². The molecule has 0 spiro atoms. The molecule has 0 saturated heterocycles. The number of rotatable bonds is 6. The molecule has 3 N–H and O–H groups in total. The SMILES string of the molecule is CC(C)(C(=O)NCc1nn[nH]n1)c1ccc(C(=O)Nc2cn3cc(Cl)ccc3n2)cc1. The largest absolute Gasteiger partial charge is 0.348 e. The minimum Gasteiger partial charge on any atom is -0.348 e. The van der Waals surface area contributed by atoms with Crippen molar-refractivity contribution in [3.8, 4) is 0 Å². The van der Waals surface area contributed by atoms with E-state index >= 15 is 0 Å². The van der Waals surface area contributed by atoms with E-state index in [0.717, 1.165) is 5.56 Å². The number of amides is 2. The summed E-state index contributed by atoms with van der Waals surface area (Å²) >= 11 is 5.97. The summed E-state index contributed by atoms with van der Waals surface area (Å²) in [4.78, 5) is 29.6. The lowest BCUT2D eigenvalue weighted by Gasteiger charge is -2.24. The third-order valence-corrected chi connectivity index (χ3v) is 5.11. The van der Waals surface area contributed by atoms with Gasteiger partial charge in [-0.25, -0.2) is 4.98 Å². The van der Waals surface area contributed by atoms with Crippen LogP contribution in [-0.4, -0.2) is 41.8 Å². The average Bonchev–Trinajstić information content (AvgIpc) is 3.41. The van der Waals surface area contributed by atoms with Gasteiger partial charge in [-0.2, -0.15) is 5.21 Å². The second-order valence-electron chi connectivity index (χ2n) is 7.41. The summed E-state index contributed by atoms with van der Waals surface area (Å²) in [5, 5.41) is 19.5. The highest BCUT2D eigenvalue weighted by atomic mass is 35.5. The van der Waals surface area contributed by atoms with Gasteiger partial charge in [0.1, 0.15) is 5.65 Å². The number of benzene rings is 1. The van der Waals surface area contributed by atoms with E-state index in [1.165, 1.54) is 0 Å². The number of anilines is 1. The van der Waals surface area contributed by atoms with Gasteiger partial charge in [0.25, 0.3) is 5.91 Å². The Balaban J connectivity index is 1.43. The molecular weight excluding hydrogens is 420 g/mol. The summed E-state index contributed by atoms with van der Waals surface area (Å²) < 4.78 is 1.73. The lowest BCUT2D eigenvalue weighted by atomic mass is 9.83. The normalized spacial score (nSPS) is 11.5. The predicted molar refractivity (Wildman–Crippen MR) is 114 cm³/mol. The standard InChI is InChI=1S/C20H19ClN8O2/c1-20(2,19(31)22-9-15-25-27-28-26-15)13-5-3-12(4-6-13)18(30)24-16-11-29-10-14(21)7-8-17(29)23-16/h3-8,10-11H,9H2,1-2H3,(H,22,31)(H,24,30)(H,25,26,27,28). The molecule has 4 aromatic rings. The van der Waals surface area contributed by atoms with Crippen LogP contribution in [0.5, 0.6) is 0 Å². The van der Waals surface area contributed by atoms with Gasteiger partial charge in [0.05, 0.1) is 23.2 Å². The first kappa shape index (κ1) is 20.5. The fraction of sp³-hybridized carbons (Fsp3) is 0.200. The minimum atomic E-state index is -0.820. The molecule has 0 unspecified atom stereocenters. The number of pyridine rings is 1. The summed E-state index contributed by atoms with van der Waals surface area (Å²) in [6, 6.07) is 10.3. The van der Waals surface area contributed by atoms with Crippen molar-refractivity contribution in [2.45, 2.75) is 25.8 Å². The van der Waals surface area contributed by atoms with Crippen LogP contribution in [0.3, 0.4) is 0 Å². The molecule has 0 aliphatic carbocycles. The Hall–Kier alpha value is -3.79. The van der Waals surface area contributed by atoms with Gasteiger partial charge in [-0.15, -0.1) is 10.2 Å². The quantitative estimate of drug-likeness (QED) is 0.423. The Labute approximate surface area is 182 Å². The molecule has 2 amide bonds. The number of aromatic amines is 1. The van der Waals surface area contributed by atoms with Gasteiger partial charge in [0, 0.05) is 11.8 Å². The number of H-pyrrole nitrogens is 1. The van der Waals surface area contributed by atoms with E-state index in [1.807, 2.05) is 0 Å². The van der Waals surface area contributed by atoms with E-state index in [-0.39, 0.29) is 18.4 Å². The Morgan fingerprint density at radius 3 is 2.61 bits per heavy atom. The van der Waals surface area contributed by atoms with Crippen LogP contribution in [0.2, 0.25) is 5.02 Å². The average molecular weight is 439 g/mol. The molecule has 0 bridgehead atoms. The van der Waals surface area contributed by atoms with E-state index in [0.29, 0.717) is 27.9 Å². The number of hydrogen-bond acceptors (Lipinski definition) is 6. The molecule has 0 aliphatic heterocycles. The van der Waals surface area contributed by atoms with Crippen LogP contribution in [-0.2, 0) is 16.8 Å². The van der Waals surface area contributed by atoms with Crippen LogP contribution in [0, 0.1) is 0 Å². The molecule has 0 aliphatic rings. The van der Waals surface area contributed by atoms with Gasteiger partial charge < -0.3 is 15.0 Å². The van der Waals surface area contributed by atoms with Crippen LogP contribution in [0.15, 0.2) is 48.8 Å². The summed E-state index contributed by atoms with van der Waals surface area (Å²) in [7, 11) is 0. The molecule has 11 heteroatoms. The number of tetrazole rings is 1. The molecule has 10 nitrogen and oxygen atoms in total. The van der Waals surface area contributed by atoms with Crippen molar-refractivity contribution in [3.63, 3.8) is 0 Å². The fourth-order valence-corrected chi connectivity index (χ4v) is 3.19. The fourth-order valence-electron chi connectivity index (χ4n) is 3.02. The number of carbonyl (C=O) groups excluding carboxylic acids is 2. The van der Waals surface area contributed by atoms with Crippen LogP contribution in [0.4, 0.5) is 5.82 Å². The molecule has 4 rings (SSSR count). The zero-order valence-corrected chi connectivity index (χ0v) is 17.5. The van der Waals surface area contributed by atoms with Crippen molar-refractivity contribution in [1.82, 2.24) is 35.3 Å². The van der Waals surface area contributed by atoms with Gasteiger partial charge in [-0.1, -0.05) is 28.9 Å². The summed E-state index contributed by atoms with van der Waals surface area (Å²) in [6.45, 7) is 3.77. The van der Waals surface area contributed by atoms with Crippen molar-refractivity contribution >= 4 is 34.9 Å². The monoisotopic (exact) mass is 438 g/mol. The number of imidazole rings is 1. The number of nitrogens with zero attached hydrogens (tertiary/aromatic N) is 5. The maximum Gasteiger partial charge on any atom is 0.256 e. The van der Waals surface area contributed by atoms with Crippen molar-refractivity contribution < 1.29 is 9.59 Å². The number of hydrogen-bond donors (Lipinski definition) is 3. The smallest absolute Gasteiger partial charge is 0.256 e. The third-order valence-electron chi connectivity index (χ3n) is 4.89. The Bertz CT molecular complexity index is 1230. The topological polar surface area (TPSA) is 130 Å². The number of fused-ring (bicyclic) bond motifs is 1. The number of halogens is 1. The molecule has 0 saturated carbocycles. The Morgan fingerprint density at radius 2 is 1.90 bits per heavy atom. The molecule has 0 fully saturated rings. The first-order chi connectivity index (χ1) is 14.8. The third kappa shape index (κ3) is 4.38. The van der Waals surface area contributed by atoms with E-state index in [1.54, 1.807) is 67.0 Å². The van der Waals surface area contributed by atoms with Gasteiger partial charge in [-0.3, -0.25) is 9.59 Å². The van der Waals surface area contributed by atoms with E-state index < -0.39 is 5.41 Å². The van der Waals surface area contributed by atoms with Crippen molar-refractivity contribution in [3.05, 3.63) is 70.8 Å². The van der Waals surface area contributed by atoms with Crippen molar-refractivity contribution in [2.24, 2.45) is 0 Å². The minimum absolute atomic E-state index is 0.170. The van der Waals surface area contributed by atoms with Crippen molar-refractivity contribution in [2.75, 3.05) is 5.32 Å². The molecule has 1 aromatic carbocycles. The van der Waals surface area contributed by atoms with Gasteiger partial charge in [-0.05, 0) is 43.7 Å². The maximum atomic E-state index is 12.6. The summed E-state index contributed by atoms with van der Waals surface area (Å²) in [5.41, 5.74) is 1.06. The zero-order chi connectivity index (χ0) is 22.0. The first-order valence-corrected chi connectivity index (χ1v) is 9.77. The van der Waals surface area contributed by atoms with E-state index in [9.17, 15) is 9.59 Å². The highest BCUT2D eigenvalue weighted by Gasteiger charge is 2.30. The summed E-state index contributed by atoms with van der Waals surface area (Å²) in [5.74, 6) is 0.307. The molecule has 3 aromatic heterocycles. The second kappa shape index (κ2) is 8.15. The summed E-state index contributed by atoms with van der Waals surface area (Å²) in [6.07, 6.45) is 3.39. The van der Waals surface area contributed by atoms with Gasteiger partial charge in [0.15, 0.2) is 11.6 Å². The molecule has 31 heavy (non-hydrogen) atoms. The van der Waals surface area contributed by atoms with Crippen LogP contribution in [0.1, 0.15) is 35.6 Å². The Morgan fingerprint density at radius 1 is 1.13 bits per heavy atom. The number of aromatic nitrogens is 6. The molecular formula is C20H19ClN8O2. The predicted octanol–water partition coefficient (Wildman–Crippen LogP) is 2.35. The van der Waals surface area contributed by atoms with Crippen LogP contribution >= 0.6 is 11.6 Å². The Kier molecular flexibility index (Phi) is 5.38. The molecule has 0 radical (unpaired) electrons. The number of carbonyl (C=O) groups is 2. The highest BCUT2D eigenvalue weighted by Crippen LogP contribution is 2.24. The maximum absolute atomic E-state index is 12.6. The number of nitrogens with one attached hydrogen (secondary N) is 3. The van der Waals surface area contributed by atoms with Crippen molar-refractivity contribution in [1.29, 1.82) is 0 Å². The molecule has 0 atom stereocenters. The zero-order valence-electron chi connectivity index (χ0n) is 16.8. The van der Waals surface area contributed by atoms with E-state index in [2.05, 4.69) is 36.2 Å². The first-order valence-electron chi connectivity index (χ1n) is 9.40. The highest BCUT2D eigenvalue weighted by molar-refractivity contribution is 6.30.